The average molecular weight is 333 g/mol. The van der Waals surface area contributed by atoms with Crippen molar-refractivity contribution in [3.05, 3.63) is 78.2 Å². The minimum Gasteiger partial charge on any atom is -0.497 e. The van der Waals surface area contributed by atoms with Gasteiger partial charge in [0.1, 0.15) is 5.75 Å². The van der Waals surface area contributed by atoms with E-state index in [1.54, 1.807) is 31.8 Å². The van der Waals surface area contributed by atoms with Crippen LogP contribution in [0, 0.1) is 0 Å². The zero-order valence-electron chi connectivity index (χ0n) is 14.0. The van der Waals surface area contributed by atoms with Crippen LogP contribution < -0.4 is 10.1 Å². The molecule has 126 valence electrons. The van der Waals surface area contributed by atoms with Crippen LogP contribution in [0.3, 0.4) is 0 Å². The Bertz CT molecular complexity index is 833. The zero-order valence-corrected chi connectivity index (χ0v) is 14.0. The van der Waals surface area contributed by atoms with Gasteiger partial charge in [0.15, 0.2) is 0 Å². The molecule has 1 aromatic carbocycles. The first-order chi connectivity index (χ1) is 12.3. The van der Waals surface area contributed by atoms with E-state index in [4.69, 9.17) is 4.74 Å². The van der Waals surface area contributed by atoms with E-state index in [2.05, 4.69) is 15.3 Å². The third-order valence-corrected chi connectivity index (χ3v) is 3.84. The average Bonchev–Trinajstić information content (AvgIpc) is 2.69. The highest BCUT2D eigenvalue weighted by Crippen LogP contribution is 2.22. The maximum absolute atomic E-state index is 12.2. The minimum atomic E-state index is -0.126. The Hall–Kier alpha value is -3.21. The first kappa shape index (κ1) is 16.6. The molecule has 0 radical (unpaired) electrons. The summed E-state index contributed by atoms with van der Waals surface area (Å²) in [6, 6.07) is 15.2. The van der Waals surface area contributed by atoms with E-state index < -0.39 is 0 Å². The summed E-state index contributed by atoms with van der Waals surface area (Å²) >= 11 is 0. The highest BCUT2D eigenvalue weighted by Gasteiger charge is 2.07. The molecule has 0 aliphatic rings. The predicted octanol–water partition coefficient (Wildman–Crippen LogP) is 3.12. The second-order valence-electron chi connectivity index (χ2n) is 5.53. The van der Waals surface area contributed by atoms with Gasteiger partial charge in [-0.1, -0.05) is 12.1 Å². The number of nitrogens with zero attached hydrogens (tertiary/aromatic N) is 2. The van der Waals surface area contributed by atoms with Gasteiger partial charge in [-0.25, -0.2) is 0 Å². The molecule has 5 heteroatoms. The van der Waals surface area contributed by atoms with Crippen LogP contribution in [0.15, 0.2) is 67.1 Å². The fraction of sp³-hybridized carbons (Fsp3) is 0.150. The molecule has 1 amide bonds. The molecule has 0 spiro atoms. The lowest BCUT2D eigenvalue weighted by atomic mass is 10.1. The smallest absolute Gasteiger partial charge is 0.252 e. The number of carbonyl (C=O) groups is 1. The fourth-order valence-corrected chi connectivity index (χ4v) is 2.45. The van der Waals surface area contributed by atoms with Crippen molar-refractivity contribution in [2.24, 2.45) is 0 Å². The number of nitrogens with one attached hydrogen (secondary N) is 1. The lowest BCUT2D eigenvalue weighted by molar-refractivity contribution is 0.0954. The number of pyridine rings is 2. The number of methoxy groups -OCH3 is 1. The lowest BCUT2D eigenvalue weighted by Crippen LogP contribution is -2.25. The molecule has 3 rings (SSSR count). The van der Waals surface area contributed by atoms with Crippen molar-refractivity contribution < 1.29 is 9.53 Å². The third kappa shape index (κ3) is 4.41. The number of ether oxygens (including phenoxy) is 1. The Balaban J connectivity index is 1.60. The van der Waals surface area contributed by atoms with Crippen LogP contribution in [0.2, 0.25) is 0 Å². The SMILES string of the molecule is COc1cccc(-c2ccc(C(=O)NCCc3ccncc3)cn2)c1. The number of carbonyl (C=O) groups excluding carboxylic acids is 1. The van der Waals surface area contributed by atoms with Crippen LogP contribution in [0.4, 0.5) is 0 Å². The number of aromatic nitrogens is 2. The molecule has 0 saturated carbocycles. The Morgan fingerprint density at radius 1 is 1.12 bits per heavy atom. The second-order valence-corrected chi connectivity index (χ2v) is 5.53. The van der Waals surface area contributed by atoms with Gasteiger partial charge in [-0.05, 0) is 48.4 Å². The summed E-state index contributed by atoms with van der Waals surface area (Å²) in [5.74, 6) is 0.649. The van der Waals surface area contributed by atoms with E-state index >= 15 is 0 Å². The number of hydrogen-bond acceptors (Lipinski definition) is 4. The van der Waals surface area contributed by atoms with Gasteiger partial charge in [0, 0.05) is 30.7 Å². The molecule has 0 saturated heterocycles. The number of rotatable bonds is 6. The summed E-state index contributed by atoms with van der Waals surface area (Å²) in [5, 5.41) is 2.91. The van der Waals surface area contributed by atoms with Crippen molar-refractivity contribution in [1.29, 1.82) is 0 Å². The largest absolute Gasteiger partial charge is 0.497 e. The number of amides is 1. The van der Waals surface area contributed by atoms with Crippen LogP contribution in [0.25, 0.3) is 11.3 Å². The van der Waals surface area contributed by atoms with Gasteiger partial charge in [-0.3, -0.25) is 14.8 Å². The lowest BCUT2D eigenvalue weighted by Gasteiger charge is -2.07. The molecule has 25 heavy (non-hydrogen) atoms. The summed E-state index contributed by atoms with van der Waals surface area (Å²) in [4.78, 5) is 20.6. The van der Waals surface area contributed by atoms with Crippen molar-refractivity contribution in [3.8, 4) is 17.0 Å². The highest BCUT2D eigenvalue weighted by atomic mass is 16.5. The molecular formula is C20H19N3O2. The van der Waals surface area contributed by atoms with Crippen LogP contribution in [0.5, 0.6) is 5.75 Å². The van der Waals surface area contributed by atoms with Crippen molar-refractivity contribution in [3.63, 3.8) is 0 Å². The molecule has 0 fully saturated rings. The summed E-state index contributed by atoms with van der Waals surface area (Å²) in [6.45, 7) is 0.570. The van der Waals surface area contributed by atoms with Gasteiger partial charge in [0.05, 0.1) is 18.4 Å². The third-order valence-electron chi connectivity index (χ3n) is 3.84. The zero-order chi connectivity index (χ0) is 17.5. The Morgan fingerprint density at radius 2 is 1.96 bits per heavy atom. The summed E-state index contributed by atoms with van der Waals surface area (Å²) in [7, 11) is 1.63. The fourth-order valence-electron chi connectivity index (χ4n) is 2.45. The quantitative estimate of drug-likeness (QED) is 0.753. The molecule has 0 unspecified atom stereocenters. The molecule has 0 atom stereocenters. The molecule has 1 N–H and O–H groups in total. The van der Waals surface area contributed by atoms with E-state index in [1.807, 2.05) is 42.5 Å². The molecule has 2 heterocycles. The molecule has 0 aliphatic heterocycles. The van der Waals surface area contributed by atoms with Crippen molar-refractivity contribution in [1.82, 2.24) is 15.3 Å². The number of hydrogen-bond donors (Lipinski definition) is 1. The molecule has 0 aliphatic carbocycles. The van der Waals surface area contributed by atoms with Crippen molar-refractivity contribution >= 4 is 5.91 Å². The van der Waals surface area contributed by atoms with Gasteiger partial charge in [-0.2, -0.15) is 0 Å². The van der Waals surface area contributed by atoms with Crippen LogP contribution in [-0.4, -0.2) is 29.5 Å². The van der Waals surface area contributed by atoms with Gasteiger partial charge in [0.25, 0.3) is 5.91 Å². The summed E-state index contributed by atoms with van der Waals surface area (Å²) in [5.41, 5.74) is 3.43. The van der Waals surface area contributed by atoms with Crippen molar-refractivity contribution in [2.45, 2.75) is 6.42 Å². The Morgan fingerprint density at radius 3 is 2.68 bits per heavy atom. The molecular weight excluding hydrogens is 314 g/mol. The summed E-state index contributed by atoms with van der Waals surface area (Å²) in [6.07, 6.45) is 5.86. The molecule has 2 aromatic heterocycles. The maximum Gasteiger partial charge on any atom is 0.252 e. The second kappa shape index (κ2) is 8.06. The Kier molecular flexibility index (Phi) is 5.36. The highest BCUT2D eigenvalue weighted by molar-refractivity contribution is 5.94. The van der Waals surface area contributed by atoms with Crippen LogP contribution in [0.1, 0.15) is 15.9 Å². The molecule has 5 nitrogen and oxygen atoms in total. The van der Waals surface area contributed by atoms with Crippen molar-refractivity contribution in [2.75, 3.05) is 13.7 Å². The predicted molar refractivity (Wildman–Crippen MR) is 96.5 cm³/mol. The van der Waals surface area contributed by atoms with Crippen LogP contribution in [-0.2, 0) is 6.42 Å². The van der Waals surface area contributed by atoms with Gasteiger partial charge < -0.3 is 10.1 Å². The normalized spacial score (nSPS) is 10.3. The standard InChI is InChI=1S/C20H19N3O2/c1-25-18-4-2-3-16(13-18)19-6-5-17(14-23-19)20(24)22-12-9-15-7-10-21-11-8-15/h2-8,10-11,13-14H,9,12H2,1H3,(H,22,24). The van der Waals surface area contributed by atoms with Gasteiger partial charge in [-0.15, -0.1) is 0 Å². The van der Waals surface area contributed by atoms with E-state index in [9.17, 15) is 4.79 Å². The van der Waals surface area contributed by atoms with E-state index in [0.717, 1.165) is 29.0 Å². The van der Waals surface area contributed by atoms with E-state index in [0.29, 0.717) is 12.1 Å². The number of benzene rings is 1. The minimum absolute atomic E-state index is 0.126. The van der Waals surface area contributed by atoms with E-state index in [-0.39, 0.29) is 5.91 Å². The Labute approximate surface area is 146 Å². The van der Waals surface area contributed by atoms with Crippen LogP contribution >= 0.6 is 0 Å². The van der Waals surface area contributed by atoms with E-state index in [1.165, 1.54) is 0 Å². The first-order valence-corrected chi connectivity index (χ1v) is 8.04. The molecule has 0 bridgehead atoms. The molecule has 3 aromatic rings. The monoisotopic (exact) mass is 333 g/mol. The maximum atomic E-state index is 12.2. The van der Waals surface area contributed by atoms with Gasteiger partial charge >= 0.3 is 0 Å². The van der Waals surface area contributed by atoms with Gasteiger partial charge in [0.2, 0.25) is 0 Å². The summed E-state index contributed by atoms with van der Waals surface area (Å²) < 4.78 is 5.22. The first-order valence-electron chi connectivity index (χ1n) is 8.04. The topological polar surface area (TPSA) is 64.1 Å².